The van der Waals surface area contributed by atoms with E-state index in [0.717, 1.165) is 40.4 Å². The van der Waals surface area contributed by atoms with Crippen molar-refractivity contribution in [1.82, 2.24) is 15.3 Å². The molecule has 0 saturated heterocycles. The highest BCUT2D eigenvalue weighted by Crippen LogP contribution is 2.38. The van der Waals surface area contributed by atoms with Crippen molar-refractivity contribution >= 4 is 23.0 Å². The molecule has 0 aliphatic heterocycles. The smallest absolute Gasteiger partial charge is 0.261 e. The van der Waals surface area contributed by atoms with Gasteiger partial charge in [0.15, 0.2) is 5.78 Å². The summed E-state index contributed by atoms with van der Waals surface area (Å²) < 4.78 is 13.2. The van der Waals surface area contributed by atoms with Gasteiger partial charge >= 0.3 is 0 Å². The summed E-state index contributed by atoms with van der Waals surface area (Å²) in [5.74, 6) is -0.834. The number of thiazole rings is 1. The molecule has 6 nitrogen and oxygen atoms in total. The van der Waals surface area contributed by atoms with Gasteiger partial charge in [-0.3, -0.25) is 14.4 Å². The Balaban J connectivity index is 1.42. The Bertz CT molecular complexity index is 1250. The molecule has 158 valence electrons. The highest BCUT2D eigenvalue weighted by molar-refractivity contribution is 7.15. The second kappa shape index (κ2) is 7.85. The Morgan fingerprint density at radius 3 is 2.74 bits per heavy atom. The van der Waals surface area contributed by atoms with Crippen LogP contribution in [-0.2, 0) is 12.8 Å². The minimum Gasteiger partial charge on any atom is -0.344 e. The van der Waals surface area contributed by atoms with Crippen LogP contribution in [0.15, 0.2) is 35.1 Å². The SMILES string of the molecule is O=C1CCCc2[nH]c(=O)c(C(=O)NC3CCCc4nc(-c5ccc(F)cc5)sc43)cc21. The average Bonchev–Trinajstić information content (AvgIpc) is 3.19. The number of Topliss-reactive ketones (excluding diaryl/α,β-unsaturated/α-hetero) is 1. The van der Waals surface area contributed by atoms with E-state index in [-0.39, 0.29) is 23.2 Å². The average molecular weight is 437 g/mol. The van der Waals surface area contributed by atoms with E-state index in [1.165, 1.54) is 29.5 Å². The summed E-state index contributed by atoms with van der Waals surface area (Å²) >= 11 is 1.48. The number of carbonyl (C=O) groups excluding carboxylic acids is 2. The lowest BCUT2D eigenvalue weighted by Crippen LogP contribution is -2.35. The van der Waals surface area contributed by atoms with Crippen molar-refractivity contribution < 1.29 is 14.0 Å². The Morgan fingerprint density at radius 2 is 1.94 bits per heavy atom. The van der Waals surface area contributed by atoms with Crippen LogP contribution in [0.1, 0.15) is 68.7 Å². The third-order valence-electron chi connectivity index (χ3n) is 5.85. The zero-order valence-electron chi connectivity index (χ0n) is 16.7. The molecule has 1 amide bonds. The topological polar surface area (TPSA) is 91.9 Å². The Kier molecular flexibility index (Phi) is 5.02. The van der Waals surface area contributed by atoms with Gasteiger partial charge in [-0.15, -0.1) is 11.3 Å². The highest BCUT2D eigenvalue weighted by atomic mass is 32.1. The minimum absolute atomic E-state index is 0.0376. The van der Waals surface area contributed by atoms with Crippen LogP contribution in [-0.4, -0.2) is 21.7 Å². The number of aryl methyl sites for hydroxylation is 2. The summed E-state index contributed by atoms with van der Waals surface area (Å²) in [5, 5.41) is 3.75. The summed E-state index contributed by atoms with van der Waals surface area (Å²) in [4.78, 5) is 46.0. The predicted molar refractivity (Wildman–Crippen MR) is 115 cm³/mol. The molecular weight excluding hydrogens is 417 g/mol. The Hall–Kier alpha value is -3.13. The molecule has 0 radical (unpaired) electrons. The monoisotopic (exact) mass is 437 g/mol. The number of H-pyrrole nitrogens is 1. The molecular formula is C23H20FN3O3S. The molecule has 0 bridgehead atoms. The van der Waals surface area contributed by atoms with Crippen LogP contribution in [0.3, 0.4) is 0 Å². The van der Waals surface area contributed by atoms with Gasteiger partial charge in [0, 0.05) is 23.2 Å². The van der Waals surface area contributed by atoms with Crippen molar-refractivity contribution in [3.8, 4) is 10.6 Å². The van der Waals surface area contributed by atoms with Gasteiger partial charge in [0.05, 0.1) is 16.6 Å². The second-order valence-electron chi connectivity index (χ2n) is 7.94. The number of hydrogen-bond donors (Lipinski definition) is 2. The molecule has 8 heteroatoms. The molecule has 0 saturated carbocycles. The lowest BCUT2D eigenvalue weighted by atomic mass is 9.93. The number of ketones is 1. The number of halogens is 1. The molecule has 2 aliphatic rings. The van der Waals surface area contributed by atoms with Gasteiger partial charge in [0.1, 0.15) is 16.4 Å². The van der Waals surface area contributed by atoms with Crippen molar-refractivity contribution in [2.24, 2.45) is 0 Å². The molecule has 1 atom stereocenters. The van der Waals surface area contributed by atoms with Crippen LogP contribution < -0.4 is 10.9 Å². The lowest BCUT2D eigenvalue weighted by molar-refractivity contribution is 0.0932. The third-order valence-corrected chi connectivity index (χ3v) is 7.11. The number of fused-ring (bicyclic) bond motifs is 2. The first-order valence-corrected chi connectivity index (χ1v) is 11.2. The molecule has 3 aromatic rings. The Morgan fingerprint density at radius 1 is 1.13 bits per heavy atom. The zero-order chi connectivity index (χ0) is 21.5. The van der Waals surface area contributed by atoms with Gasteiger partial charge in [-0.25, -0.2) is 9.37 Å². The van der Waals surface area contributed by atoms with Gasteiger partial charge in [0.25, 0.3) is 11.5 Å². The van der Waals surface area contributed by atoms with E-state index < -0.39 is 11.5 Å². The maximum absolute atomic E-state index is 13.2. The normalized spacial score (nSPS) is 17.7. The standard InChI is InChI=1S/C23H20FN3O3S/c24-13-9-7-12(8-10-13)23-27-18-5-1-4-17(20(18)31-23)26-22(30)15-11-14-16(25-21(15)29)3-2-6-19(14)28/h7-11,17H,1-6H2,(H,25,29)(H,26,30). The van der Waals surface area contributed by atoms with Gasteiger partial charge < -0.3 is 10.3 Å². The molecule has 2 aromatic heterocycles. The number of hydrogen-bond acceptors (Lipinski definition) is 5. The van der Waals surface area contributed by atoms with Crippen LogP contribution in [0.5, 0.6) is 0 Å². The third kappa shape index (κ3) is 3.72. The van der Waals surface area contributed by atoms with E-state index >= 15 is 0 Å². The van der Waals surface area contributed by atoms with Gasteiger partial charge in [-0.2, -0.15) is 0 Å². The Labute approximate surface area is 181 Å². The van der Waals surface area contributed by atoms with Crippen LogP contribution >= 0.6 is 11.3 Å². The van der Waals surface area contributed by atoms with E-state index in [2.05, 4.69) is 10.3 Å². The molecule has 0 spiro atoms. The molecule has 0 fully saturated rings. The van der Waals surface area contributed by atoms with Crippen molar-refractivity contribution in [1.29, 1.82) is 0 Å². The van der Waals surface area contributed by atoms with E-state index in [1.807, 2.05) is 0 Å². The van der Waals surface area contributed by atoms with Gasteiger partial charge in [-0.1, -0.05) is 0 Å². The van der Waals surface area contributed by atoms with Crippen molar-refractivity contribution in [2.75, 3.05) is 0 Å². The van der Waals surface area contributed by atoms with E-state index in [4.69, 9.17) is 4.98 Å². The number of aromatic nitrogens is 2. The molecule has 1 unspecified atom stereocenters. The molecule has 1 aromatic carbocycles. The largest absolute Gasteiger partial charge is 0.344 e. The van der Waals surface area contributed by atoms with Crippen molar-refractivity contribution in [3.63, 3.8) is 0 Å². The molecule has 2 heterocycles. The van der Waals surface area contributed by atoms with Crippen LogP contribution in [0.4, 0.5) is 4.39 Å². The number of pyridine rings is 1. The van der Waals surface area contributed by atoms with E-state index in [1.54, 1.807) is 12.1 Å². The fourth-order valence-electron chi connectivity index (χ4n) is 4.25. The first-order valence-electron chi connectivity index (χ1n) is 10.4. The second-order valence-corrected chi connectivity index (χ2v) is 8.97. The zero-order valence-corrected chi connectivity index (χ0v) is 17.5. The van der Waals surface area contributed by atoms with E-state index in [0.29, 0.717) is 30.5 Å². The van der Waals surface area contributed by atoms with Crippen LogP contribution in [0.25, 0.3) is 10.6 Å². The summed E-state index contributed by atoms with van der Waals surface area (Å²) in [5.41, 5.74) is 2.30. The molecule has 2 aliphatic carbocycles. The maximum Gasteiger partial charge on any atom is 0.261 e. The number of nitrogens with one attached hydrogen (secondary N) is 2. The number of amides is 1. The number of aromatic amines is 1. The number of rotatable bonds is 3. The number of benzene rings is 1. The first kappa shape index (κ1) is 19.8. The van der Waals surface area contributed by atoms with Gasteiger partial charge in [0.2, 0.25) is 0 Å². The lowest BCUT2D eigenvalue weighted by Gasteiger charge is -2.22. The fraction of sp³-hybridized carbons (Fsp3) is 0.304. The van der Waals surface area contributed by atoms with Crippen molar-refractivity contribution in [2.45, 2.75) is 44.6 Å². The molecule has 5 rings (SSSR count). The predicted octanol–water partition coefficient (Wildman–Crippen LogP) is 3.96. The first-order chi connectivity index (χ1) is 15.0. The molecule has 2 N–H and O–H groups in total. The summed E-state index contributed by atoms with van der Waals surface area (Å²) in [6, 6.07) is 7.37. The molecule has 31 heavy (non-hydrogen) atoms. The minimum atomic E-state index is -0.489. The van der Waals surface area contributed by atoms with Crippen molar-refractivity contribution in [3.05, 3.63) is 73.9 Å². The summed E-state index contributed by atoms with van der Waals surface area (Å²) in [6.07, 6.45) is 4.19. The maximum atomic E-state index is 13.2. The van der Waals surface area contributed by atoms with Crippen LogP contribution in [0, 0.1) is 5.82 Å². The number of carbonyl (C=O) groups is 2. The quantitative estimate of drug-likeness (QED) is 0.649. The van der Waals surface area contributed by atoms with E-state index in [9.17, 15) is 18.8 Å². The highest BCUT2D eigenvalue weighted by Gasteiger charge is 2.28. The summed E-state index contributed by atoms with van der Waals surface area (Å²) in [7, 11) is 0. The summed E-state index contributed by atoms with van der Waals surface area (Å²) in [6.45, 7) is 0. The fourth-order valence-corrected chi connectivity index (χ4v) is 5.46. The van der Waals surface area contributed by atoms with Crippen LogP contribution in [0.2, 0.25) is 0 Å². The van der Waals surface area contributed by atoms with Gasteiger partial charge in [-0.05, 0) is 62.4 Å². The number of nitrogens with zero attached hydrogens (tertiary/aromatic N) is 1.